The van der Waals surface area contributed by atoms with Gasteiger partial charge in [0, 0.05) is 25.7 Å². The Balaban J connectivity index is 3.69. The molecule has 1 atom stereocenters. The first-order valence-electron chi connectivity index (χ1n) is 10.4. The average molecular weight is 367 g/mol. The van der Waals surface area contributed by atoms with Crippen molar-refractivity contribution >= 4 is 11.9 Å². The minimum absolute atomic E-state index is 0.147. The molecular formula is C22H38O4. The number of hydrogen-bond acceptors (Lipinski definition) is 4. The van der Waals surface area contributed by atoms with Crippen LogP contribution in [0.3, 0.4) is 0 Å². The standard InChI is InChI=1S/C22H38O4/c1-4-7-9-11-12-14-19-25-21(23)17-15-18-22(24)26-20(6-3)16-13-10-8-5-2/h20H,4-9,11-12,14-19H2,1-3H3. The molecule has 0 N–H and O–H groups in total. The second-order valence-corrected chi connectivity index (χ2v) is 6.67. The molecule has 26 heavy (non-hydrogen) atoms. The van der Waals surface area contributed by atoms with Gasteiger partial charge in [-0.05, 0) is 25.7 Å². The summed E-state index contributed by atoms with van der Waals surface area (Å²) in [4.78, 5) is 23.5. The fraction of sp³-hybridized carbons (Fsp3) is 0.818. The maximum absolute atomic E-state index is 11.8. The van der Waals surface area contributed by atoms with Crippen LogP contribution in [0.15, 0.2) is 0 Å². The van der Waals surface area contributed by atoms with Crippen molar-refractivity contribution in [2.75, 3.05) is 6.61 Å². The van der Waals surface area contributed by atoms with Crippen molar-refractivity contribution in [1.82, 2.24) is 0 Å². The lowest BCUT2D eigenvalue weighted by Gasteiger charge is -2.13. The van der Waals surface area contributed by atoms with Gasteiger partial charge < -0.3 is 9.47 Å². The molecule has 4 nitrogen and oxygen atoms in total. The van der Waals surface area contributed by atoms with E-state index in [2.05, 4.69) is 25.7 Å². The van der Waals surface area contributed by atoms with Crippen molar-refractivity contribution in [2.45, 2.75) is 110 Å². The lowest BCUT2D eigenvalue weighted by Crippen LogP contribution is -2.17. The van der Waals surface area contributed by atoms with Gasteiger partial charge >= 0.3 is 11.9 Å². The fourth-order valence-electron chi connectivity index (χ4n) is 2.43. The summed E-state index contributed by atoms with van der Waals surface area (Å²) in [5.41, 5.74) is 0. The summed E-state index contributed by atoms with van der Waals surface area (Å²) in [6, 6.07) is 0. The number of carbonyl (C=O) groups is 2. The Morgan fingerprint density at radius 3 is 2.19 bits per heavy atom. The molecule has 0 amide bonds. The first kappa shape index (κ1) is 24.5. The molecule has 0 aliphatic rings. The molecule has 0 radical (unpaired) electrons. The van der Waals surface area contributed by atoms with Crippen LogP contribution < -0.4 is 0 Å². The highest BCUT2D eigenvalue weighted by Gasteiger charge is 2.12. The normalized spacial score (nSPS) is 11.3. The van der Waals surface area contributed by atoms with E-state index in [9.17, 15) is 9.59 Å². The molecule has 0 aromatic heterocycles. The van der Waals surface area contributed by atoms with Gasteiger partial charge in [-0.1, -0.05) is 58.8 Å². The van der Waals surface area contributed by atoms with Crippen molar-refractivity contribution in [2.24, 2.45) is 0 Å². The van der Waals surface area contributed by atoms with E-state index in [1.165, 1.54) is 25.7 Å². The topological polar surface area (TPSA) is 52.6 Å². The Morgan fingerprint density at radius 1 is 0.808 bits per heavy atom. The van der Waals surface area contributed by atoms with Crippen molar-refractivity contribution in [3.8, 4) is 11.8 Å². The van der Waals surface area contributed by atoms with E-state index >= 15 is 0 Å². The van der Waals surface area contributed by atoms with Gasteiger partial charge in [0.15, 0.2) is 0 Å². The number of ether oxygens (including phenoxy) is 2. The molecule has 0 aliphatic heterocycles. The second-order valence-electron chi connectivity index (χ2n) is 6.67. The molecule has 0 fully saturated rings. The fourth-order valence-corrected chi connectivity index (χ4v) is 2.43. The van der Waals surface area contributed by atoms with Crippen LogP contribution >= 0.6 is 0 Å². The van der Waals surface area contributed by atoms with Crippen LogP contribution in [0.5, 0.6) is 0 Å². The van der Waals surface area contributed by atoms with Gasteiger partial charge in [0.2, 0.25) is 0 Å². The highest BCUT2D eigenvalue weighted by molar-refractivity contribution is 5.72. The monoisotopic (exact) mass is 366 g/mol. The van der Waals surface area contributed by atoms with Gasteiger partial charge in [-0.3, -0.25) is 9.59 Å². The van der Waals surface area contributed by atoms with E-state index in [1.807, 2.05) is 6.92 Å². The Labute approximate surface area is 160 Å². The molecule has 0 aromatic carbocycles. The predicted molar refractivity (Wildman–Crippen MR) is 106 cm³/mol. The molecule has 0 heterocycles. The van der Waals surface area contributed by atoms with Gasteiger partial charge in [-0.2, -0.15) is 0 Å². The van der Waals surface area contributed by atoms with Gasteiger partial charge in [0.1, 0.15) is 6.10 Å². The smallest absolute Gasteiger partial charge is 0.306 e. The maximum atomic E-state index is 11.8. The van der Waals surface area contributed by atoms with E-state index in [0.29, 0.717) is 19.4 Å². The lowest BCUT2D eigenvalue weighted by molar-refractivity contribution is -0.149. The third-order valence-electron chi connectivity index (χ3n) is 4.11. The molecule has 150 valence electrons. The molecule has 0 saturated carbocycles. The van der Waals surface area contributed by atoms with E-state index in [-0.39, 0.29) is 30.9 Å². The molecule has 0 aliphatic carbocycles. The summed E-state index contributed by atoms with van der Waals surface area (Å²) in [6.07, 6.45) is 11.1. The zero-order valence-electron chi connectivity index (χ0n) is 17.1. The summed E-state index contributed by atoms with van der Waals surface area (Å²) < 4.78 is 10.6. The predicted octanol–water partition coefficient (Wildman–Crippen LogP) is 5.58. The van der Waals surface area contributed by atoms with Crippen LogP contribution in [-0.4, -0.2) is 24.6 Å². The molecule has 0 aromatic rings. The Kier molecular flexibility index (Phi) is 17.2. The summed E-state index contributed by atoms with van der Waals surface area (Å²) >= 11 is 0. The molecule has 4 heteroatoms. The van der Waals surface area contributed by atoms with Gasteiger partial charge in [0.05, 0.1) is 6.61 Å². The van der Waals surface area contributed by atoms with Crippen molar-refractivity contribution in [3.05, 3.63) is 0 Å². The van der Waals surface area contributed by atoms with Crippen molar-refractivity contribution in [1.29, 1.82) is 0 Å². The van der Waals surface area contributed by atoms with Crippen LogP contribution in [0, 0.1) is 11.8 Å². The molecule has 1 unspecified atom stereocenters. The van der Waals surface area contributed by atoms with Crippen LogP contribution in [0.2, 0.25) is 0 Å². The van der Waals surface area contributed by atoms with E-state index in [1.54, 1.807) is 0 Å². The maximum Gasteiger partial charge on any atom is 0.306 e. The SMILES string of the molecule is CCCC#CCC(CC)OC(=O)CCCC(=O)OCCCCCCCC. The summed E-state index contributed by atoms with van der Waals surface area (Å²) in [6.45, 7) is 6.76. The summed E-state index contributed by atoms with van der Waals surface area (Å²) in [7, 11) is 0. The van der Waals surface area contributed by atoms with E-state index < -0.39 is 0 Å². The zero-order valence-corrected chi connectivity index (χ0v) is 17.1. The third-order valence-corrected chi connectivity index (χ3v) is 4.11. The molecule has 0 saturated heterocycles. The molecule has 0 rings (SSSR count). The molecular weight excluding hydrogens is 328 g/mol. The van der Waals surface area contributed by atoms with Crippen molar-refractivity contribution < 1.29 is 19.1 Å². The highest BCUT2D eigenvalue weighted by Crippen LogP contribution is 2.08. The number of hydrogen-bond donors (Lipinski definition) is 0. The van der Waals surface area contributed by atoms with Crippen LogP contribution in [0.25, 0.3) is 0 Å². The Hall–Kier alpha value is -1.50. The first-order valence-corrected chi connectivity index (χ1v) is 10.4. The largest absolute Gasteiger partial charge is 0.466 e. The highest BCUT2D eigenvalue weighted by atomic mass is 16.5. The van der Waals surface area contributed by atoms with Crippen LogP contribution in [0.1, 0.15) is 104 Å². The number of carbonyl (C=O) groups excluding carboxylic acids is 2. The van der Waals surface area contributed by atoms with Gasteiger partial charge in [-0.15, -0.1) is 5.92 Å². The Bertz CT molecular complexity index is 420. The Morgan fingerprint density at radius 2 is 1.50 bits per heavy atom. The number of unbranched alkanes of at least 4 members (excludes halogenated alkanes) is 6. The lowest BCUT2D eigenvalue weighted by atomic mass is 10.1. The molecule has 0 spiro atoms. The van der Waals surface area contributed by atoms with E-state index in [4.69, 9.17) is 9.47 Å². The minimum atomic E-state index is -0.252. The summed E-state index contributed by atoms with van der Waals surface area (Å²) in [5, 5.41) is 0. The quantitative estimate of drug-likeness (QED) is 0.216. The third kappa shape index (κ3) is 16.0. The van der Waals surface area contributed by atoms with E-state index in [0.717, 1.165) is 32.1 Å². The number of rotatable bonds is 15. The average Bonchev–Trinajstić information content (AvgIpc) is 2.63. The van der Waals surface area contributed by atoms with Crippen molar-refractivity contribution in [3.63, 3.8) is 0 Å². The zero-order chi connectivity index (χ0) is 19.5. The summed E-state index contributed by atoms with van der Waals surface area (Å²) in [5.74, 6) is 5.66. The number of esters is 2. The molecule has 0 bridgehead atoms. The van der Waals surface area contributed by atoms with Gasteiger partial charge in [-0.25, -0.2) is 0 Å². The van der Waals surface area contributed by atoms with Crippen LogP contribution in [0.4, 0.5) is 0 Å². The van der Waals surface area contributed by atoms with Gasteiger partial charge in [0.25, 0.3) is 0 Å². The van der Waals surface area contributed by atoms with Crippen LogP contribution in [-0.2, 0) is 19.1 Å². The minimum Gasteiger partial charge on any atom is -0.466 e. The first-order chi connectivity index (χ1) is 12.6. The second kappa shape index (κ2) is 18.3.